The highest BCUT2D eigenvalue weighted by molar-refractivity contribution is 6.50. The number of alkyl halides is 2. The monoisotopic (exact) mass is 428 g/mol. The minimum atomic E-state index is -1.71. The molecule has 0 radical (unpaired) electrons. The molecule has 0 amide bonds. The van der Waals surface area contributed by atoms with Gasteiger partial charge >= 0.3 is 5.97 Å². The van der Waals surface area contributed by atoms with Crippen molar-refractivity contribution < 1.29 is 24.9 Å². The Morgan fingerprint density at radius 1 is 0.852 bits per heavy atom. The van der Waals surface area contributed by atoms with Gasteiger partial charge in [-0.25, -0.2) is 0 Å². The largest absolute Gasteiger partial charge is 0.481 e. The van der Waals surface area contributed by atoms with Crippen LogP contribution in [0.2, 0.25) is 0 Å². The van der Waals surface area contributed by atoms with E-state index in [1.54, 1.807) is 6.92 Å². The standard InChI is InChI=1S/C10H16Cl2O4.C10H22O/c1-3-9(4-5-13,8(15)16)10(11,12)6-7(2)14;1-2-3-4-5-6-7-8-9-10-11/h13H,3-6H2,1-2H3,(H,15,16);11H,2-10H2,1H3. The predicted octanol–water partition coefficient (Wildman–Crippen LogP) is 5.12. The molecule has 0 aliphatic rings. The lowest BCUT2D eigenvalue weighted by molar-refractivity contribution is -0.151. The van der Waals surface area contributed by atoms with Crippen LogP contribution in [-0.2, 0) is 9.59 Å². The SMILES string of the molecule is CCC(CCO)(C(=O)O)C(Cl)(Cl)CC(C)=O.CCCCCCCCCCO. The van der Waals surface area contributed by atoms with Crippen molar-refractivity contribution in [2.24, 2.45) is 5.41 Å². The van der Waals surface area contributed by atoms with Crippen molar-refractivity contribution in [2.45, 2.75) is 95.7 Å². The first-order chi connectivity index (χ1) is 12.6. The maximum absolute atomic E-state index is 11.3. The molecule has 0 aromatic rings. The lowest BCUT2D eigenvalue weighted by atomic mass is 9.76. The normalized spacial score (nSPS) is 13.4. The Morgan fingerprint density at radius 3 is 1.67 bits per heavy atom. The molecule has 0 fully saturated rings. The van der Waals surface area contributed by atoms with Crippen molar-refractivity contribution in [1.82, 2.24) is 0 Å². The molecule has 0 spiro atoms. The molecular weight excluding hydrogens is 391 g/mol. The van der Waals surface area contributed by atoms with Crippen molar-refractivity contribution >= 4 is 35.0 Å². The van der Waals surface area contributed by atoms with Crippen LogP contribution in [0.3, 0.4) is 0 Å². The number of ketones is 1. The summed E-state index contributed by atoms with van der Waals surface area (Å²) < 4.78 is -1.71. The Morgan fingerprint density at radius 2 is 1.33 bits per heavy atom. The van der Waals surface area contributed by atoms with Gasteiger partial charge in [0.2, 0.25) is 0 Å². The molecule has 0 heterocycles. The first-order valence-electron chi connectivity index (χ1n) is 9.97. The van der Waals surface area contributed by atoms with E-state index >= 15 is 0 Å². The van der Waals surface area contributed by atoms with Crippen LogP contribution in [0, 0.1) is 5.41 Å². The Hall–Kier alpha value is -0.360. The van der Waals surface area contributed by atoms with Crippen LogP contribution in [0.15, 0.2) is 0 Å². The van der Waals surface area contributed by atoms with Crippen molar-refractivity contribution in [3.05, 3.63) is 0 Å². The lowest BCUT2D eigenvalue weighted by Gasteiger charge is -2.38. The first kappa shape index (κ1) is 28.8. The average molecular weight is 429 g/mol. The third-order valence-electron chi connectivity index (χ3n) is 4.73. The fourth-order valence-corrected chi connectivity index (χ4v) is 3.95. The van der Waals surface area contributed by atoms with Crippen LogP contribution >= 0.6 is 23.2 Å². The third kappa shape index (κ3) is 11.9. The number of rotatable bonds is 15. The summed E-state index contributed by atoms with van der Waals surface area (Å²) in [6, 6.07) is 0. The molecule has 3 N–H and O–H groups in total. The zero-order chi connectivity index (χ0) is 21.3. The van der Waals surface area contributed by atoms with Crippen molar-refractivity contribution in [3.8, 4) is 0 Å². The fraction of sp³-hybridized carbons (Fsp3) is 0.900. The maximum Gasteiger partial charge on any atom is 0.312 e. The van der Waals surface area contributed by atoms with Crippen LogP contribution in [0.4, 0.5) is 0 Å². The molecule has 7 heteroatoms. The van der Waals surface area contributed by atoms with Gasteiger partial charge in [-0.3, -0.25) is 9.59 Å². The van der Waals surface area contributed by atoms with Gasteiger partial charge in [0.05, 0.1) is 0 Å². The van der Waals surface area contributed by atoms with Gasteiger partial charge in [-0.15, -0.1) is 0 Å². The van der Waals surface area contributed by atoms with E-state index in [1.165, 1.54) is 51.9 Å². The van der Waals surface area contributed by atoms with Gasteiger partial charge in [-0.05, 0) is 26.2 Å². The first-order valence-corrected chi connectivity index (χ1v) is 10.7. The number of aliphatic hydroxyl groups excluding tert-OH is 2. The van der Waals surface area contributed by atoms with Crippen LogP contribution in [-0.4, -0.2) is 44.6 Å². The van der Waals surface area contributed by atoms with Crippen LogP contribution in [0.5, 0.6) is 0 Å². The quantitative estimate of drug-likeness (QED) is 0.248. The van der Waals surface area contributed by atoms with E-state index in [0.29, 0.717) is 6.61 Å². The molecule has 0 aromatic carbocycles. The van der Waals surface area contributed by atoms with Gasteiger partial charge in [0.25, 0.3) is 0 Å². The smallest absolute Gasteiger partial charge is 0.312 e. The highest BCUT2D eigenvalue weighted by Gasteiger charge is 2.54. The molecular formula is C20H38Cl2O5. The Bertz CT molecular complexity index is 394. The maximum atomic E-state index is 11.3. The molecule has 0 saturated heterocycles. The number of hydrogen-bond acceptors (Lipinski definition) is 4. The summed E-state index contributed by atoms with van der Waals surface area (Å²) in [7, 11) is 0. The van der Waals surface area contributed by atoms with Gasteiger partial charge in [0, 0.05) is 19.6 Å². The van der Waals surface area contributed by atoms with Crippen LogP contribution in [0.25, 0.3) is 0 Å². The van der Waals surface area contributed by atoms with E-state index in [4.69, 9.17) is 33.4 Å². The highest BCUT2D eigenvalue weighted by atomic mass is 35.5. The second-order valence-corrected chi connectivity index (χ2v) is 8.48. The number of aliphatic hydroxyl groups is 2. The number of carbonyl (C=O) groups excluding carboxylic acids is 1. The Kier molecular flexibility index (Phi) is 17.7. The van der Waals surface area contributed by atoms with Crippen molar-refractivity contribution in [3.63, 3.8) is 0 Å². The summed E-state index contributed by atoms with van der Waals surface area (Å²) in [5.74, 6) is -1.49. The van der Waals surface area contributed by atoms with Gasteiger partial charge < -0.3 is 15.3 Å². The number of halogens is 2. The molecule has 1 atom stereocenters. The minimum Gasteiger partial charge on any atom is -0.481 e. The van der Waals surface area contributed by atoms with E-state index in [-0.39, 0.29) is 31.7 Å². The van der Waals surface area contributed by atoms with Gasteiger partial charge in [-0.2, -0.15) is 0 Å². The average Bonchev–Trinajstić information content (AvgIpc) is 2.58. The zero-order valence-corrected chi connectivity index (χ0v) is 18.6. The summed E-state index contributed by atoms with van der Waals surface area (Å²) in [5, 5.41) is 26.6. The Labute approximate surface area is 174 Å². The molecule has 162 valence electrons. The van der Waals surface area contributed by atoms with Gasteiger partial charge in [-0.1, -0.05) is 82.0 Å². The van der Waals surface area contributed by atoms with E-state index in [0.717, 1.165) is 6.42 Å². The highest BCUT2D eigenvalue weighted by Crippen LogP contribution is 2.48. The second kappa shape index (κ2) is 16.6. The predicted molar refractivity (Wildman–Crippen MR) is 111 cm³/mol. The number of Topliss-reactive ketones (excluding diaryl/α,β-unsaturated/α-hetero) is 1. The fourth-order valence-electron chi connectivity index (χ4n) is 2.95. The zero-order valence-electron chi connectivity index (χ0n) is 17.1. The summed E-state index contributed by atoms with van der Waals surface area (Å²) in [4.78, 5) is 22.3. The number of carbonyl (C=O) groups is 2. The lowest BCUT2D eigenvalue weighted by Crippen LogP contribution is -2.47. The summed E-state index contributed by atoms with van der Waals surface area (Å²) in [6.07, 6.45) is 10.2. The van der Waals surface area contributed by atoms with E-state index in [2.05, 4.69) is 6.92 Å². The van der Waals surface area contributed by atoms with Gasteiger partial charge in [0.1, 0.15) is 15.5 Å². The summed E-state index contributed by atoms with van der Waals surface area (Å²) in [6.45, 7) is 5.17. The molecule has 5 nitrogen and oxygen atoms in total. The number of hydrogen-bond donors (Lipinski definition) is 3. The topological polar surface area (TPSA) is 94.8 Å². The van der Waals surface area contributed by atoms with Crippen molar-refractivity contribution in [1.29, 1.82) is 0 Å². The second-order valence-electron chi connectivity index (χ2n) is 7.00. The summed E-state index contributed by atoms with van der Waals surface area (Å²) in [5.41, 5.74) is -1.50. The van der Waals surface area contributed by atoms with E-state index in [1.807, 2.05) is 0 Å². The third-order valence-corrected chi connectivity index (χ3v) is 5.73. The number of carboxylic acids is 1. The molecule has 0 aliphatic carbocycles. The molecule has 0 saturated carbocycles. The Balaban J connectivity index is 0. The molecule has 27 heavy (non-hydrogen) atoms. The minimum absolute atomic E-state index is 0.0842. The molecule has 0 bridgehead atoms. The number of aliphatic carboxylic acids is 1. The number of unbranched alkanes of at least 4 members (excludes halogenated alkanes) is 7. The van der Waals surface area contributed by atoms with Crippen LogP contribution < -0.4 is 0 Å². The van der Waals surface area contributed by atoms with Crippen LogP contribution in [0.1, 0.15) is 91.4 Å². The van der Waals surface area contributed by atoms with E-state index < -0.39 is 15.7 Å². The van der Waals surface area contributed by atoms with Gasteiger partial charge in [0.15, 0.2) is 0 Å². The number of carboxylic acid groups (broad SMARTS) is 1. The molecule has 0 aromatic heterocycles. The summed E-state index contributed by atoms with van der Waals surface area (Å²) >= 11 is 12.0. The molecule has 0 rings (SSSR count). The molecule has 1 unspecified atom stereocenters. The van der Waals surface area contributed by atoms with E-state index in [9.17, 15) is 14.7 Å². The van der Waals surface area contributed by atoms with Crippen molar-refractivity contribution in [2.75, 3.05) is 13.2 Å². The molecule has 0 aliphatic heterocycles.